The molecule has 0 saturated carbocycles. The van der Waals surface area contributed by atoms with Crippen LogP contribution in [0, 0.1) is 20.8 Å². The van der Waals surface area contributed by atoms with Crippen LogP contribution in [0.25, 0.3) is 45.8 Å². The molecule has 8 heteroatoms. The van der Waals surface area contributed by atoms with Gasteiger partial charge < -0.3 is 13.9 Å². The molecule has 0 spiro atoms. The minimum Gasteiger partial charge on any atom is -0.478 e. The molecule has 168 valence electrons. The normalized spacial score (nSPS) is 11.0. The van der Waals surface area contributed by atoms with Gasteiger partial charge in [-0.2, -0.15) is 0 Å². The van der Waals surface area contributed by atoms with Crippen molar-refractivity contribution >= 4 is 5.97 Å². The summed E-state index contributed by atoms with van der Waals surface area (Å²) in [4.78, 5) is 11.0. The Morgan fingerprint density at radius 2 is 0.971 bits per heavy atom. The molecule has 2 aromatic heterocycles. The summed E-state index contributed by atoms with van der Waals surface area (Å²) >= 11 is 0. The molecule has 8 nitrogen and oxygen atoms in total. The second-order valence-corrected chi connectivity index (χ2v) is 8.02. The van der Waals surface area contributed by atoms with Gasteiger partial charge in [0.25, 0.3) is 0 Å². The molecule has 0 bridgehead atoms. The van der Waals surface area contributed by atoms with E-state index in [1.807, 2.05) is 36.4 Å². The molecule has 0 atom stereocenters. The first-order chi connectivity index (χ1) is 16.4. The highest BCUT2D eigenvalue weighted by Gasteiger charge is 2.15. The second kappa shape index (κ2) is 8.40. The number of aromatic carboxylic acids is 1. The lowest BCUT2D eigenvalue weighted by atomic mass is 10.0. The molecule has 0 aliphatic rings. The summed E-state index contributed by atoms with van der Waals surface area (Å²) in [5.41, 5.74) is 6.83. The van der Waals surface area contributed by atoms with Crippen molar-refractivity contribution in [2.45, 2.75) is 20.8 Å². The number of benzene rings is 3. The molecule has 5 aromatic rings. The van der Waals surface area contributed by atoms with Gasteiger partial charge in [-0.1, -0.05) is 0 Å². The van der Waals surface area contributed by atoms with Gasteiger partial charge in [0.15, 0.2) is 0 Å². The Balaban J connectivity index is 1.36. The summed E-state index contributed by atoms with van der Waals surface area (Å²) in [7, 11) is 0. The SMILES string of the molecule is Cc1cc(-c2nnc(-c3ccc(-c4nnc(-c5ccc(C(=O)O)cc5)o4)cc3)o2)cc(C)c1C. The minimum absolute atomic E-state index is 0.191. The molecule has 0 unspecified atom stereocenters. The van der Waals surface area contributed by atoms with E-state index in [9.17, 15) is 4.79 Å². The third-order valence-corrected chi connectivity index (χ3v) is 5.78. The highest BCUT2D eigenvalue weighted by Crippen LogP contribution is 2.29. The minimum atomic E-state index is -0.990. The molecule has 0 aliphatic carbocycles. The Kier molecular flexibility index (Phi) is 5.25. The van der Waals surface area contributed by atoms with Gasteiger partial charge in [-0.3, -0.25) is 0 Å². The first-order valence-electron chi connectivity index (χ1n) is 10.6. The Morgan fingerprint density at radius 3 is 1.35 bits per heavy atom. The van der Waals surface area contributed by atoms with Gasteiger partial charge in [-0.25, -0.2) is 4.79 Å². The Morgan fingerprint density at radius 1 is 0.618 bits per heavy atom. The number of aromatic nitrogens is 4. The highest BCUT2D eigenvalue weighted by molar-refractivity contribution is 5.88. The zero-order valence-electron chi connectivity index (χ0n) is 18.7. The zero-order chi connectivity index (χ0) is 23.8. The van der Waals surface area contributed by atoms with Crippen LogP contribution in [0.3, 0.4) is 0 Å². The smallest absolute Gasteiger partial charge is 0.335 e. The van der Waals surface area contributed by atoms with Crippen molar-refractivity contribution in [1.82, 2.24) is 20.4 Å². The van der Waals surface area contributed by atoms with Crippen LogP contribution in [0.2, 0.25) is 0 Å². The van der Waals surface area contributed by atoms with Gasteiger partial charge >= 0.3 is 5.97 Å². The zero-order valence-corrected chi connectivity index (χ0v) is 18.7. The van der Waals surface area contributed by atoms with Crippen LogP contribution >= 0.6 is 0 Å². The largest absolute Gasteiger partial charge is 0.478 e. The van der Waals surface area contributed by atoms with E-state index in [0.717, 1.165) is 16.7 Å². The maximum Gasteiger partial charge on any atom is 0.335 e. The molecule has 0 aliphatic heterocycles. The maximum atomic E-state index is 11.0. The third-order valence-electron chi connectivity index (χ3n) is 5.78. The molecule has 1 N–H and O–H groups in total. The number of hydrogen-bond acceptors (Lipinski definition) is 7. The van der Waals surface area contributed by atoms with E-state index in [1.165, 1.54) is 28.8 Å². The topological polar surface area (TPSA) is 115 Å². The van der Waals surface area contributed by atoms with Crippen LogP contribution in [0.15, 0.2) is 69.5 Å². The number of carboxylic acid groups (broad SMARTS) is 1. The summed E-state index contributed by atoms with van der Waals surface area (Å²) in [6.07, 6.45) is 0. The van der Waals surface area contributed by atoms with Crippen LogP contribution in [-0.4, -0.2) is 31.5 Å². The molecule has 0 saturated heterocycles. The molecule has 34 heavy (non-hydrogen) atoms. The van der Waals surface area contributed by atoms with E-state index >= 15 is 0 Å². The van der Waals surface area contributed by atoms with Crippen molar-refractivity contribution in [3.63, 3.8) is 0 Å². The number of aryl methyl sites for hydroxylation is 2. The Bertz CT molecular complexity index is 1480. The molecular weight excluding hydrogens is 432 g/mol. The third kappa shape index (κ3) is 3.97. The predicted octanol–water partition coefficient (Wildman–Crippen LogP) is 5.74. The quantitative estimate of drug-likeness (QED) is 0.359. The van der Waals surface area contributed by atoms with Crippen molar-refractivity contribution in [2.24, 2.45) is 0 Å². The number of rotatable bonds is 5. The summed E-state index contributed by atoms with van der Waals surface area (Å²) in [5.74, 6) is 0.556. The second-order valence-electron chi connectivity index (χ2n) is 8.02. The Hall–Kier alpha value is -4.59. The number of nitrogens with zero attached hydrogens (tertiary/aromatic N) is 4. The molecule has 0 radical (unpaired) electrons. The number of carbonyl (C=O) groups is 1. The van der Waals surface area contributed by atoms with Gasteiger partial charge in [0.1, 0.15) is 0 Å². The summed E-state index contributed by atoms with van der Waals surface area (Å²) in [5, 5.41) is 25.6. The van der Waals surface area contributed by atoms with Crippen molar-refractivity contribution in [3.05, 3.63) is 82.9 Å². The predicted molar refractivity (Wildman–Crippen MR) is 125 cm³/mol. The van der Waals surface area contributed by atoms with Crippen molar-refractivity contribution < 1.29 is 18.7 Å². The van der Waals surface area contributed by atoms with Crippen LogP contribution in [0.1, 0.15) is 27.0 Å². The summed E-state index contributed by atoms with van der Waals surface area (Å²) < 4.78 is 11.7. The molecule has 3 aromatic carbocycles. The van der Waals surface area contributed by atoms with E-state index in [1.54, 1.807) is 12.1 Å². The van der Waals surface area contributed by atoms with E-state index in [2.05, 4.69) is 41.2 Å². The molecule has 5 rings (SSSR count). The first-order valence-corrected chi connectivity index (χ1v) is 10.6. The van der Waals surface area contributed by atoms with Gasteiger partial charge in [0.05, 0.1) is 5.56 Å². The van der Waals surface area contributed by atoms with Crippen LogP contribution < -0.4 is 0 Å². The summed E-state index contributed by atoms with van der Waals surface area (Å²) in [6, 6.07) is 17.7. The average Bonchev–Trinajstić information content (AvgIpc) is 3.53. The van der Waals surface area contributed by atoms with E-state index in [4.69, 9.17) is 13.9 Å². The lowest BCUT2D eigenvalue weighted by molar-refractivity contribution is 0.0697. The number of hydrogen-bond donors (Lipinski definition) is 1. The lowest BCUT2D eigenvalue weighted by Crippen LogP contribution is -1.94. The fraction of sp³-hybridized carbons (Fsp3) is 0.115. The highest BCUT2D eigenvalue weighted by atomic mass is 16.4. The fourth-order valence-electron chi connectivity index (χ4n) is 3.58. The number of carboxylic acids is 1. The molecule has 2 heterocycles. The van der Waals surface area contributed by atoms with Crippen molar-refractivity contribution in [3.8, 4) is 45.8 Å². The van der Waals surface area contributed by atoms with Gasteiger partial charge in [-0.15, -0.1) is 20.4 Å². The van der Waals surface area contributed by atoms with Crippen molar-refractivity contribution in [2.75, 3.05) is 0 Å². The van der Waals surface area contributed by atoms with Crippen LogP contribution in [-0.2, 0) is 0 Å². The standard InChI is InChI=1S/C26H20N4O4/c1-14-12-21(13-15(2)16(14)3)25-30-29-24(34-25)18-6-4-17(5-7-18)22-27-28-23(33-22)19-8-10-20(11-9-19)26(31)32/h4-13H,1-3H3,(H,31,32). The van der Waals surface area contributed by atoms with E-state index in [-0.39, 0.29) is 5.56 Å². The monoisotopic (exact) mass is 452 g/mol. The fourth-order valence-corrected chi connectivity index (χ4v) is 3.58. The van der Waals surface area contributed by atoms with Crippen LogP contribution in [0.5, 0.6) is 0 Å². The average molecular weight is 452 g/mol. The first kappa shape index (κ1) is 21.3. The van der Waals surface area contributed by atoms with E-state index < -0.39 is 5.97 Å². The lowest BCUT2D eigenvalue weighted by Gasteiger charge is -2.06. The summed E-state index contributed by atoms with van der Waals surface area (Å²) in [6.45, 7) is 6.22. The van der Waals surface area contributed by atoms with E-state index in [0.29, 0.717) is 29.1 Å². The molecule has 0 fully saturated rings. The molecule has 0 amide bonds. The van der Waals surface area contributed by atoms with Gasteiger partial charge in [0.2, 0.25) is 23.6 Å². The Labute approximate surface area is 194 Å². The molecular formula is C26H20N4O4. The van der Waals surface area contributed by atoms with Gasteiger partial charge in [0, 0.05) is 22.3 Å². The maximum absolute atomic E-state index is 11.0. The van der Waals surface area contributed by atoms with Crippen molar-refractivity contribution in [1.29, 1.82) is 0 Å². The van der Waals surface area contributed by atoms with Crippen LogP contribution in [0.4, 0.5) is 0 Å². The van der Waals surface area contributed by atoms with Gasteiger partial charge in [-0.05, 0) is 98.1 Å².